The number of anilines is 2. The molecule has 0 heterocycles. The smallest absolute Gasteiger partial charge is 0.294 e. The summed E-state index contributed by atoms with van der Waals surface area (Å²) in [4.78, 5) is 0. The van der Waals surface area contributed by atoms with Crippen molar-refractivity contribution >= 4 is 36.7 Å². The van der Waals surface area contributed by atoms with Crippen LogP contribution in [-0.4, -0.2) is 34.1 Å². The highest BCUT2D eigenvalue weighted by Gasteiger charge is 2.40. The molecule has 0 aliphatic heterocycles. The summed E-state index contributed by atoms with van der Waals surface area (Å²) in [5.74, 6) is 0. The second-order valence-electron chi connectivity index (χ2n) is 5.87. The quantitative estimate of drug-likeness (QED) is 0.358. The van der Waals surface area contributed by atoms with Crippen LogP contribution in [0.25, 0.3) is 0 Å². The van der Waals surface area contributed by atoms with Gasteiger partial charge < -0.3 is 18.1 Å². The fraction of sp³-hybridized carbons (Fsp3) is 0.368. The number of hydrogen-bond donors (Lipinski definition) is 0. The Morgan fingerprint density at radius 2 is 0.929 bits per heavy atom. The number of nitrogens with zero attached hydrogens (tertiary/aromatic N) is 2. The zero-order valence-electron chi connectivity index (χ0n) is 17.2. The molecule has 2 rings (SSSR count). The molecule has 0 aliphatic carbocycles. The maximum Gasteiger partial charge on any atom is 0.294 e. The summed E-state index contributed by atoms with van der Waals surface area (Å²) in [6.45, 7) is 4.41. The van der Waals surface area contributed by atoms with Crippen LogP contribution in [0.5, 0.6) is 0 Å². The molecule has 0 atom stereocenters. The molecule has 9 heteroatoms. The minimum atomic E-state index is -1.31. The molecule has 28 heavy (non-hydrogen) atoms. The Balaban J connectivity index is 2.64. The van der Waals surface area contributed by atoms with Gasteiger partial charge in [-0.15, -0.1) is 0 Å². The molecule has 0 saturated carbocycles. The summed E-state index contributed by atoms with van der Waals surface area (Å²) in [5, 5.41) is 0. The zero-order chi connectivity index (χ0) is 20.5. The van der Waals surface area contributed by atoms with Crippen LogP contribution < -0.4 is 8.88 Å². The van der Waals surface area contributed by atoms with Gasteiger partial charge in [-0.25, -0.2) is 0 Å². The van der Waals surface area contributed by atoms with Crippen molar-refractivity contribution in [2.24, 2.45) is 0 Å². The van der Waals surface area contributed by atoms with E-state index in [1.807, 2.05) is 36.4 Å². The topological polar surface area (TPSA) is 43.4 Å². The van der Waals surface area contributed by atoms with Gasteiger partial charge in [-0.3, -0.25) is 8.88 Å². The van der Waals surface area contributed by atoms with E-state index in [0.29, 0.717) is 0 Å². The van der Waals surface area contributed by atoms with Gasteiger partial charge in [0.25, 0.3) is 17.1 Å². The Labute approximate surface area is 172 Å². The minimum Gasteiger partial charge on any atom is -0.321 e. The molecule has 2 aromatic carbocycles. The maximum atomic E-state index is 5.76. The van der Waals surface area contributed by atoms with Gasteiger partial charge in [-0.2, -0.15) is 0 Å². The SMILES string of the molecule is COP(OC)N(c1ccccc1)P(C(C)C)N(c1ccccc1)P(OC)OC. The van der Waals surface area contributed by atoms with Crippen molar-refractivity contribution in [1.29, 1.82) is 0 Å². The average Bonchev–Trinajstić information content (AvgIpc) is 2.74. The molecule has 0 saturated heterocycles. The maximum absolute atomic E-state index is 5.76. The second kappa shape index (κ2) is 12.0. The first-order valence-electron chi connectivity index (χ1n) is 8.84. The Hall–Kier alpha value is -0.830. The third-order valence-electron chi connectivity index (χ3n) is 3.76. The Kier molecular flexibility index (Phi) is 10.0. The van der Waals surface area contributed by atoms with Crippen molar-refractivity contribution in [3.63, 3.8) is 0 Å². The first kappa shape index (κ1) is 23.4. The molecule has 0 fully saturated rings. The molecule has 0 aliphatic rings. The molecule has 0 unspecified atom stereocenters. The second-order valence-corrected chi connectivity index (χ2v) is 12.2. The monoisotopic (exact) mass is 442 g/mol. The molecule has 0 radical (unpaired) electrons. The van der Waals surface area contributed by atoms with E-state index in [0.717, 1.165) is 11.4 Å². The van der Waals surface area contributed by atoms with Crippen molar-refractivity contribution < 1.29 is 18.1 Å². The molecule has 6 nitrogen and oxygen atoms in total. The van der Waals surface area contributed by atoms with E-state index < -0.39 is 25.3 Å². The van der Waals surface area contributed by atoms with Crippen LogP contribution in [0, 0.1) is 0 Å². The Morgan fingerprint density at radius 3 is 1.18 bits per heavy atom. The van der Waals surface area contributed by atoms with Gasteiger partial charge in [0.2, 0.25) is 0 Å². The number of rotatable bonds is 11. The van der Waals surface area contributed by atoms with Crippen molar-refractivity contribution in [2.75, 3.05) is 37.3 Å². The molecular formula is C19H29N2O4P3. The predicted molar refractivity (Wildman–Crippen MR) is 122 cm³/mol. The first-order chi connectivity index (χ1) is 13.6. The van der Waals surface area contributed by atoms with Gasteiger partial charge in [0.15, 0.2) is 0 Å². The van der Waals surface area contributed by atoms with Crippen molar-refractivity contribution in [3.05, 3.63) is 60.7 Å². The number of benzene rings is 2. The molecule has 0 N–H and O–H groups in total. The predicted octanol–water partition coefficient (Wildman–Crippen LogP) is 6.76. The normalized spacial score (nSPS) is 11.6. The summed E-state index contributed by atoms with van der Waals surface area (Å²) in [5.41, 5.74) is 2.36. The van der Waals surface area contributed by atoms with Crippen molar-refractivity contribution in [2.45, 2.75) is 19.5 Å². The van der Waals surface area contributed by atoms with Gasteiger partial charge >= 0.3 is 0 Å². The van der Waals surface area contributed by atoms with Gasteiger partial charge in [0.05, 0.1) is 0 Å². The van der Waals surface area contributed by atoms with Gasteiger partial charge in [-0.1, -0.05) is 50.2 Å². The molecule has 2 aromatic rings. The third-order valence-corrected chi connectivity index (χ3v) is 10.2. The summed E-state index contributed by atoms with van der Waals surface area (Å²) in [6.07, 6.45) is 0. The Morgan fingerprint density at radius 1 is 0.607 bits per heavy atom. The van der Waals surface area contributed by atoms with Crippen LogP contribution in [0.15, 0.2) is 60.7 Å². The highest BCUT2D eigenvalue weighted by Crippen LogP contribution is 2.69. The fourth-order valence-electron chi connectivity index (χ4n) is 2.67. The van der Waals surface area contributed by atoms with E-state index in [-0.39, 0.29) is 5.66 Å². The lowest BCUT2D eigenvalue weighted by molar-refractivity contribution is 0.340. The van der Waals surface area contributed by atoms with Crippen LogP contribution >= 0.6 is 25.3 Å². The van der Waals surface area contributed by atoms with Gasteiger partial charge in [-0.05, 0) is 24.3 Å². The lowest BCUT2D eigenvalue weighted by atomic mass is 10.3. The van der Waals surface area contributed by atoms with E-state index in [1.54, 1.807) is 28.4 Å². The standard InChI is InChI=1S/C19H29N2O4P3/c1-17(2)26(20(27(22-3)23-4)18-13-9-7-10-14-18)21(28(24-5)25-6)19-15-11-8-12-16-19/h7-17H,1-6H3. The minimum absolute atomic E-state index is 0.279. The van der Waals surface area contributed by atoms with Gasteiger partial charge in [0.1, 0.15) is 8.22 Å². The molecule has 154 valence electrons. The average molecular weight is 442 g/mol. The summed E-state index contributed by atoms with van der Waals surface area (Å²) in [7, 11) is 3.14. The Bertz CT molecular complexity index is 618. The highest BCUT2D eigenvalue weighted by molar-refractivity contribution is 7.81. The largest absolute Gasteiger partial charge is 0.321 e. The summed E-state index contributed by atoms with van der Waals surface area (Å²) >= 11 is 0. The van der Waals surface area contributed by atoms with Crippen molar-refractivity contribution in [1.82, 2.24) is 0 Å². The van der Waals surface area contributed by atoms with E-state index in [2.05, 4.69) is 47.0 Å². The lowest BCUT2D eigenvalue weighted by Crippen LogP contribution is -2.28. The summed E-state index contributed by atoms with van der Waals surface area (Å²) < 4.78 is 27.5. The van der Waals surface area contributed by atoms with Gasteiger partial charge in [0, 0.05) is 45.5 Å². The summed E-state index contributed by atoms with van der Waals surface area (Å²) in [6, 6.07) is 20.4. The van der Waals surface area contributed by atoms with Crippen molar-refractivity contribution in [3.8, 4) is 0 Å². The van der Waals surface area contributed by atoms with E-state index in [9.17, 15) is 0 Å². The van der Waals surface area contributed by atoms with Crippen LogP contribution in [0.2, 0.25) is 0 Å². The van der Waals surface area contributed by atoms with Crippen LogP contribution in [0.4, 0.5) is 11.4 Å². The van der Waals surface area contributed by atoms with Crippen LogP contribution in [0.3, 0.4) is 0 Å². The molecular weight excluding hydrogens is 413 g/mol. The number of hydrogen-bond acceptors (Lipinski definition) is 6. The van der Waals surface area contributed by atoms with E-state index in [1.165, 1.54) is 0 Å². The first-order valence-corrected chi connectivity index (χ1v) is 12.4. The number of para-hydroxylation sites is 2. The lowest BCUT2D eigenvalue weighted by Gasteiger charge is -2.45. The van der Waals surface area contributed by atoms with E-state index >= 15 is 0 Å². The van der Waals surface area contributed by atoms with Crippen LogP contribution in [0.1, 0.15) is 13.8 Å². The van der Waals surface area contributed by atoms with E-state index in [4.69, 9.17) is 18.1 Å². The van der Waals surface area contributed by atoms with Crippen LogP contribution in [-0.2, 0) is 18.1 Å². The highest BCUT2D eigenvalue weighted by atomic mass is 31.2. The molecule has 0 bridgehead atoms. The fourth-order valence-corrected chi connectivity index (χ4v) is 9.99. The molecule has 0 spiro atoms. The zero-order valence-corrected chi connectivity index (χ0v) is 19.9. The third kappa shape index (κ3) is 5.62. The molecule has 0 amide bonds. The molecule has 0 aromatic heterocycles.